The van der Waals surface area contributed by atoms with E-state index in [1.165, 1.54) is 25.4 Å². The minimum Gasteiger partial charge on any atom is -0.467 e. The number of hydrogen-bond donors (Lipinski definition) is 1. The molecule has 0 aliphatic carbocycles. The standard InChI is InChI=1S/C22H21Cl2N5O3S/c1-5-10-29(12(2)21(31)32-4)14-6-8-16(18(11-14)25-13(3)30)27-28-22-26-17-9-7-15(23)19(24)20(17)33-22/h5-9,11-12H,1,10H2,2-4H3,(H,25,30). The molecule has 2 aromatic carbocycles. The lowest BCUT2D eigenvalue weighted by Gasteiger charge is -2.29. The predicted octanol–water partition coefficient (Wildman–Crippen LogP) is 6.53. The first-order chi connectivity index (χ1) is 15.7. The van der Waals surface area contributed by atoms with E-state index in [1.54, 1.807) is 48.2 Å². The van der Waals surface area contributed by atoms with Gasteiger partial charge in [0, 0.05) is 19.2 Å². The number of halogens is 2. The molecule has 1 heterocycles. The van der Waals surface area contributed by atoms with Crippen LogP contribution in [0.2, 0.25) is 10.0 Å². The number of rotatable bonds is 8. The topological polar surface area (TPSA) is 96.3 Å². The fraction of sp³-hybridized carbons (Fsp3) is 0.227. The van der Waals surface area contributed by atoms with Crippen LogP contribution in [0.25, 0.3) is 10.2 Å². The van der Waals surface area contributed by atoms with Crippen LogP contribution in [0.1, 0.15) is 13.8 Å². The Hall–Kier alpha value is -3.01. The molecule has 1 atom stereocenters. The number of benzene rings is 2. The summed E-state index contributed by atoms with van der Waals surface area (Å²) in [6.45, 7) is 7.27. The third-order valence-corrected chi connectivity index (χ3v) is 6.53. The van der Waals surface area contributed by atoms with E-state index in [0.717, 1.165) is 0 Å². The molecular formula is C22H21Cl2N5O3S. The zero-order chi connectivity index (χ0) is 24.1. The van der Waals surface area contributed by atoms with Crippen molar-refractivity contribution in [1.82, 2.24) is 4.98 Å². The lowest BCUT2D eigenvalue weighted by atomic mass is 10.1. The third-order valence-electron chi connectivity index (χ3n) is 4.64. The number of nitrogens with one attached hydrogen (secondary N) is 1. The minimum atomic E-state index is -0.565. The van der Waals surface area contributed by atoms with E-state index < -0.39 is 12.0 Å². The number of carbonyl (C=O) groups is 2. The predicted molar refractivity (Wildman–Crippen MR) is 134 cm³/mol. The summed E-state index contributed by atoms with van der Waals surface area (Å²) in [5, 5.41) is 12.5. The Morgan fingerprint density at radius 3 is 2.73 bits per heavy atom. The lowest BCUT2D eigenvalue weighted by molar-refractivity contribution is -0.141. The molecule has 33 heavy (non-hydrogen) atoms. The second-order valence-corrected chi connectivity index (χ2v) is 8.69. The van der Waals surface area contributed by atoms with Crippen LogP contribution >= 0.6 is 34.5 Å². The number of hydrogen-bond acceptors (Lipinski definition) is 8. The first-order valence-electron chi connectivity index (χ1n) is 9.78. The van der Waals surface area contributed by atoms with E-state index in [1.807, 2.05) is 0 Å². The van der Waals surface area contributed by atoms with Crippen LogP contribution in [0, 0.1) is 0 Å². The normalized spacial score (nSPS) is 12.0. The van der Waals surface area contributed by atoms with Crippen molar-refractivity contribution in [2.75, 3.05) is 23.9 Å². The van der Waals surface area contributed by atoms with Gasteiger partial charge in [-0.05, 0) is 37.3 Å². The number of methoxy groups -OCH3 is 1. The van der Waals surface area contributed by atoms with Crippen molar-refractivity contribution in [2.45, 2.75) is 19.9 Å². The Kier molecular flexibility index (Phi) is 8.01. The summed E-state index contributed by atoms with van der Waals surface area (Å²) in [5.41, 5.74) is 2.19. The van der Waals surface area contributed by atoms with Gasteiger partial charge in [-0.15, -0.1) is 16.8 Å². The fourth-order valence-electron chi connectivity index (χ4n) is 3.07. The summed E-state index contributed by atoms with van der Waals surface area (Å²) in [4.78, 5) is 30.1. The monoisotopic (exact) mass is 505 g/mol. The van der Waals surface area contributed by atoms with Gasteiger partial charge in [-0.1, -0.05) is 40.6 Å². The zero-order valence-electron chi connectivity index (χ0n) is 18.1. The van der Waals surface area contributed by atoms with Crippen molar-refractivity contribution in [2.24, 2.45) is 10.2 Å². The highest BCUT2D eigenvalue weighted by molar-refractivity contribution is 7.22. The van der Waals surface area contributed by atoms with E-state index >= 15 is 0 Å². The Bertz CT molecular complexity index is 1240. The maximum Gasteiger partial charge on any atom is 0.328 e. The molecule has 0 aliphatic rings. The number of carbonyl (C=O) groups excluding carboxylic acids is 2. The molecule has 1 N–H and O–H groups in total. The highest BCUT2D eigenvalue weighted by Crippen LogP contribution is 2.38. The maximum absolute atomic E-state index is 12.1. The van der Waals surface area contributed by atoms with Crippen LogP contribution in [-0.4, -0.2) is 36.6 Å². The maximum atomic E-state index is 12.1. The quantitative estimate of drug-likeness (QED) is 0.213. The molecule has 3 aromatic rings. The molecule has 172 valence electrons. The van der Waals surface area contributed by atoms with Gasteiger partial charge < -0.3 is 15.0 Å². The molecule has 0 radical (unpaired) electrons. The SMILES string of the molecule is C=CCN(c1ccc(N=Nc2nc3ccc(Cl)c(Cl)c3s2)c(NC(C)=O)c1)C(C)C(=O)OC. The Morgan fingerprint density at radius 1 is 1.30 bits per heavy atom. The number of azo groups is 1. The Labute approximate surface area is 204 Å². The summed E-state index contributed by atoms with van der Waals surface area (Å²) >= 11 is 13.6. The smallest absolute Gasteiger partial charge is 0.328 e. The largest absolute Gasteiger partial charge is 0.467 e. The number of fused-ring (bicyclic) bond motifs is 1. The summed E-state index contributed by atoms with van der Waals surface area (Å²) in [5.74, 6) is -0.669. The molecule has 8 nitrogen and oxygen atoms in total. The minimum absolute atomic E-state index is 0.277. The number of amides is 1. The van der Waals surface area contributed by atoms with Crippen molar-refractivity contribution >= 4 is 78.8 Å². The first-order valence-corrected chi connectivity index (χ1v) is 11.4. The fourth-order valence-corrected chi connectivity index (χ4v) is 4.38. The summed E-state index contributed by atoms with van der Waals surface area (Å²) in [6, 6.07) is 8.05. The average molecular weight is 506 g/mol. The number of anilines is 2. The number of aromatic nitrogens is 1. The summed E-state index contributed by atoms with van der Waals surface area (Å²) in [7, 11) is 1.33. The van der Waals surface area contributed by atoms with E-state index in [4.69, 9.17) is 27.9 Å². The second kappa shape index (κ2) is 10.7. The third kappa shape index (κ3) is 5.68. The van der Waals surface area contributed by atoms with Crippen LogP contribution in [0.3, 0.4) is 0 Å². The van der Waals surface area contributed by atoms with Gasteiger partial charge in [0.2, 0.25) is 11.0 Å². The summed E-state index contributed by atoms with van der Waals surface area (Å²) < 4.78 is 5.58. The molecule has 0 saturated carbocycles. The van der Waals surface area contributed by atoms with Crippen molar-refractivity contribution in [1.29, 1.82) is 0 Å². The first kappa shape index (κ1) is 24.6. The number of nitrogens with zero attached hydrogens (tertiary/aromatic N) is 4. The van der Waals surface area contributed by atoms with Crippen molar-refractivity contribution < 1.29 is 14.3 Å². The molecule has 0 spiro atoms. The van der Waals surface area contributed by atoms with Crippen molar-refractivity contribution in [3.8, 4) is 0 Å². The zero-order valence-corrected chi connectivity index (χ0v) is 20.5. The van der Waals surface area contributed by atoms with Crippen LogP contribution in [0.4, 0.5) is 22.2 Å². The van der Waals surface area contributed by atoms with E-state index in [-0.39, 0.29) is 5.91 Å². The Morgan fingerprint density at radius 2 is 2.06 bits per heavy atom. The van der Waals surface area contributed by atoms with Gasteiger partial charge in [0.25, 0.3) is 0 Å². The average Bonchev–Trinajstić information content (AvgIpc) is 3.21. The van der Waals surface area contributed by atoms with Gasteiger partial charge in [0.05, 0.1) is 33.1 Å². The lowest BCUT2D eigenvalue weighted by Crippen LogP contribution is -2.40. The van der Waals surface area contributed by atoms with Crippen LogP contribution in [0.5, 0.6) is 0 Å². The number of thiazole rings is 1. The molecule has 0 fully saturated rings. The van der Waals surface area contributed by atoms with Gasteiger partial charge in [-0.2, -0.15) is 0 Å². The van der Waals surface area contributed by atoms with Crippen LogP contribution in [-0.2, 0) is 14.3 Å². The van der Waals surface area contributed by atoms with Gasteiger partial charge in [0.1, 0.15) is 11.7 Å². The molecule has 1 aromatic heterocycles. The molecule has 3 rings (SSSR count). The second-order valence-electron chi connectivity index (χ2n) is 6.93. The highest BCUT2D eigenvalue weighted by Gasteiger charge is 2.22. The van der Waals surface area contributed by atoms with Gasteiger partial charge >= 0.3 is 5.97 Å². The molecule has 11 heteroatoms. The molecule has 1 amide bonds. The highest BCUT2D eigenvalue weighted by atomic mass is 35.5. The van der Waals surface area contributed by atoms with Crippen molar-refractivity contribution in [3.63, 3.8) is 0 Å². The van der Waals surface area contributed by atoms with E-state index in [0.29, 0.717) is 49.0 Å². The van der Waals surface area contributed by atoms with E-state index in [9.17, 15) is 9.59 Å². The van der Waals surface area contributed by atoms with Gasteiger partial charge in [-0.3, -0.25) is 4.79 Å². The molecule has 0 bridgehead atoms. The molecule has 0 saturated heterocycles. The van der Waals surface area contributed by atoms with Gasteiger partial charge in [-0.25, -0.2) is 9.78 Å². The molecule has 0 aliphatic heterocycles. The Balaban J connectivity index is 1.98. The molecule has 1 unspecified atom stereocenters. The van der Waals surface area contributed by atoms with E-state index in [2.05, 4.69) is 27.1 Å². The number of esters is 1. The summed E-state index contributed by atoms with van der Waals surface area (Å²) in [6.07, 6.45) is 1.68. The number of ether oxygens (including phenoxy) is 1. The van der Waals surface area contributed by atoms with Crippen LogP contribution in [0.15, 0.2) is 53.2 Å². The van der Waals surface area contributed by atoms with Crippen LogP contribution < -0.4 is 10.2 Å². The van der Waals surface area contributed by atoms with Crippen molar-refractivity contribution in [3.05, 3.63) is 53.0 Å². The molecular weight excluding hydrogens is 485 g/mol. The van der Waals surface area contributed by atoms with Gasteiger partial charge in [0.15, 0.2) is 0 Å².